The third-order valence-corrected chi connectivity index (χ3v) is 3.51. The number of carbonyl (C=O) groups is 1. The van der Waals surface area contributed by atoms with E-state index in [4.69, 9.17) is 16.3 Å². The number of allylic oxidation sites excluding steroid dienone is 1. The summed E-state index contributed by atoms with van der Waals surface area (Å²) in [6, 6.07) is 11.7. The van der Waals surface area contributed by atoms with Crippen molar-refractivity contribution in [1.82, 2.24) is 10.3 Å². The molecule has 1 aromatic heterocycles. The molecule has 0 aliphatic rings. The summed E-state index contributed by atoms with van der Waals surface area (Å²) in [7, 11) is 0. The van der Waals surface area contributed by atoms with E-state index >= 15 is 0 Å². The van der Waals surface area contributed by atoms with Gasteiger partial charge < -0.3 is 21.6 Å². The van der Waals surface area contributed by atoms with Crippen LogP contribution in [-0.4, -0.2) is 23.7 Å². The van der Waals surface area contributed by atoms with Crippen LogP contribution in [0.5, 0.6) is 0 Å². The minimum Gasteiger partial charge on any atom is -0.398 e. The second-order valence-electron chi connectivity index (χ2n) is 6.34. The quantitative estimate of drug-likeness (QED) is 0.225. The molecule has 0 fully saturated rings. The first kappa shape index (κ1) is 26.0. The van der Waals surface area contributed by atoms with Crippen LogP contribution in [-0.2, 0) is 11.3 Å². The number of nitrogens with one attached hydrogen (secondary N) is 1. The van der Waals surface area contributed by atoms with Crippen LogP contribution in [0, 0.1) is 6.92 Å². The molecule has 1 heterocycles. The molecule has 0 aliphatic heterocycles. The largest absolute Gasteiger partial charge is 0.398 e. The SMILES string of the molecule is C=C(C)NC(=NCCCC)c1ccc(C)cc1N.CC=O.NCc1ccccn1. The van der Waals surface area contributed by atoms with Crippen LogP contribution in [0.25, 0.3) is 0 Å². The first-order valence-corrected chi connectivity index (χ1v) is 9.72. The van der Waals surface area contributed by atoms with Gasteiger partial charge in [0.25, 0.3) is 0 Å². The van der Waals surface area contributed by atoms with Gasteiger partial charge in [-0.1, -0.05) is 32.1 Å². The summed E-state index contributed by atoms with van der Waals surface area (Å²) in [4.78, 5) is 17.4. The second-order valence-corrected chi connectivity index (χ2v) is 6.34. The molecule has 0 atom stereocenters. The zero-order valence-electron chi connectivity index (χ0n) is 18.1. The lowest BCUT2D eigenvalue weighted by molar-refractivity contribution is -0.106. The highest BCUT2D eigenvalue weighted by atomic mass is 16.1. The number of rotatable bonds is 6. The first-order chi connectivity index (χ1) is 13.9. The number of nitrogens with zero attached hydrogens (tertiary/aromatic N) is 2. The Bertz CT molecular complexity index is 757. The van der Waals surface area contributed by atoms with Crippen molar-refractivity contribution in [3.05, 3.63) is 71.7 Å². The summed E-state index contributed by atoms with van der Waals surface area (Å²) in [6.45, 7) is 12.7. The number of pyridine rings is 1. The van der Waals surface area contributed by atoms with E-state index in [9.17, 15) is 0 Å². The predicted octanol–water partition coefficient (Wildman–Crippen LogP) is 3.99. The summed E-state index contributed by atoms with van der Waals surface area (Å²) >= 11 is 0. The Balaban J connectivity index is 0.000000586. The van der Waals surface area contributed by atoms with Crippen LogP contribution in [0.2, 0.25) is 0 Å². The van der Waals surface area contributed by atoms with Gasteiger partial charge in [0, 0.05) is 36.2 Å². The molecule has 0 aliphatic carbocycles. The molecule has 0 unspecified atom stereocenters. The molecule has 1 aromatic carbocycles. The maximum Gasteiger partial charge on any atom is 0.134 e. The van der Waals surface area contributed by atoms with Crippen LogP contribution in [0.4, 0.5) is 5.69 Å². The van der Waals surface area contributed by atoms with E-state index in [2.05, 4.69) is 28.8 Å². The predicted molar refractivity (Wildman–Crippen MR) is 124 cm³/mol. The second kappa shape index (κ2) is 16.0. The number of unbranched alkanes of at least 4 members (excludes halogenated alkanes) is 1. The van der Waals surface area contributed by atoms with Gasteiger partial charge in [-0.3, -0.25) is 9.98 Å². The number of nitrogen functional groups attached to an aromatic ring is 1. The molecule has 6 heteroatoms. The average Bonchev–Trinajstić information content (AvgIpc) is 2.69. The number of aryl methyl sites for hydroxylation is 1. The summed E-state index contributed by atoms with van der Waals surface area (Å²) in [6.07, 6.45) is 4.70. The number of nitrogens with two attached hydrogens (primary N) is 2. The van der Waals surface area contributed by atoms with Crippen molar-refractivity contribution in [2.24, 2.45) is 10.7 Å². The summed E-state index contributed by atoms with van der Waals surface area (Å²) in [5, 5.41) is 3.19. The smallest absolute Gasteiger partial charge is 0.134 e. The number of carbonyl (C=O) groups excluding carboxylic acids is 1. The van der Waals surface area contributed by atoms with E-state index in [1.165, 1.54) is 6.92 Å². The van der Waals surface area contributed by atoms with Gasteiger partial charge in [0.1, 0.15) is 12.1 Å². The molecule has 29 heavy (non-hydrogen) atoms. The third kappa shape index (κ3) is 12.2. The Morgan fingerprint density at radius 3 is 2.45 bits per heavy atom. The highest BCUT2D eigenvalue weighted by molar-refractivity contribution is 6.04. The number of amidine groups is 1. The Morgan fingerprint density at radius 2 is 2.00 bits per heavy atom. The highest BCUT2D eigenvalue weighted by Crippen LogP contribution is 2.14. The van der Waals surface area contributed by atoms with Crippen LogP contribution < -0.4 is 16.8 Å². The highest BCUT2D eigenvalue weighted by Gasteiger charge is 2.07. The standard InChI is InChI=1S/C15H23N3.C6H8N2.C2H4O/c1-5-6-9-17-15(18-11(2)3)13-8-7-12(4)10-14(13)16;7-5-6-3-1-2-4-8-6;1-2-3/h7-8,10H,2,5-6,9,16H2,1,3-4H3,(H,17,18);1-4H,5,7H2;2H,1H3. The molecule has 5 N–H and O–H groups in total. The van der Waals surface area contributed by atoms with Crippen molar-refractivity contribution in [3.8, 4) is 0 Å². The van der Waals surface area contributed by atoms with E-state index in [1.807, 2.05) is 50.2 Å². The van der Waals surface area contributed by atoms with E-state index in [-0.39, 0.29) is 0 Å². The molecule has 2 rings (SSSR count). The van der Waals surface area contributed by atoms with Gasteiger partial charge in [-0.15, -0.1) is 0 Å². The van der Waals surface area contributed by atoms with Gasteiger partial charge in [0.2, 0.25) is 0 Å². The molecule has 0 saturated carbocycles. The van der Waals surface area contributed by atoms with Gasteiger partial charge in [-0.2, -0.15) is 0 Å². The van der Waals surface area contributed by atoms with Crippen molar-refractivity contribution in [2.75, 3.05) is 12.3 Å². The Morgan fingerprint density at radius 1 is 1.31 bits per heavy atom. The summed E-state index contributed by atoms with van der Waals surface area (Å²) < 4.78 is 0. The summed E-state index contributed by atoms with van der Waals surface area (Å²) in [5.74, 6) is 0.813. The van der Waals surface area contributed by atoms with E-state index in [1.54, 1.807) is 6.20 Å². The van der Waals surface area contributed by atoms with Crippen molar-refractivity contribution in [2.45, 2.75) is 47.1 Å². The van der Waals surface area contributed by atoms with Crippen molar-refractivity contribution < 1.29 is 4.79 Å². The van der Waals surface area contributed by atoms with E-state index in [0.717, 1.165) is 59.7 Å². The average molecular weight is 398 g/mol. The van der Waals surface area contributed by atoms with Gasteiger partial charge >= 0.3 is 0 Å². The molecule has 0 spiro atoms. The summed E-state index contributed by atoms with van der Waals surface area (Å²) in [5.41, 5.74) is 16.0. The lowest BCUT2D eigenvalue weighted by Gasteiger charge is -2.12. The third-order valence-electron chi connectivity index (χ3n) is 3.51. The van der Waals surface area contributed by atoms with Gasteiger partial charge in [-0.05, 0) is 57.0 Å². The number of benzene rings is 1. The van der Waals surface area contributed by atoms with E-state index < -0.39 is 0 Å². The molecular weight excluding hydrogens is 362 g/mol. The minimum absolute atomic E-state index is 0.529. The fourth-order valence-electron chi connectivity index (χ4n) is 2.16. The van der Waals surface area contributed by atoms with Gasteiger partial charge in [0.15, 0.2) is 0 Å². The number of aldehydes is 1. The zero-order valence-corrected chi connectivity index (χ0v) is 18.1. The molecule has 2 aromatic rings. The van der Waals surface area contributed by atoms with E-state index in [0.29, 0.717) is 6.54 Å². The molecule has 0 radical (unpaired) electrons. The number of aliphatic imine (C=N–C) groups is 1. The molecule has 0 bridgehead atoms. The van der Waals surface area contributed by atoms with Crippen LogP contribution in [0.1, 0.15) is 50.4 Å². The van der Waals surface area contributed by atoms with Gasteiger partial charge in [-0.25, -0.2) is 0 Å². The van der Waals surface area contributed by atoms with Crippen LogP contribution >= 0.6 is 0 Å². The Hall–Kier alpha value is -2.99. The Kier molecular flexibility index (Phi) is 14.4. The number of hydrogen-bond acceptors (Lipinski definition) is 5. The lowest BCUT2D eigenvalue weighted by atomic mass is 10.1. The molecular formula is C23H35N5O. The number of anilines is 1. The normalized spacial score (nSPS) is 10.0. The monoisotopic (exact) mass is 397 g/mol. The van der Waals surface area contributed by atoms with Crippen LogP contribution in [0.15, 0.2) is 59.9 Å². The van der Waals surface area contributed by atoms with Crippen LogP contribution in [0.3, 0.4) is 0 Å². The van der Waals surface area contributed by atoms with Crippen molar-refractivity contribution in [1.29, 1.82) is 0 Å². The topological polar surface area (TPSA) is 106 Å². The zero-order chi connectivity index (χ0) is 22.1. The van der Waals surface area contributed by atoms with Gasteiger partial charge in [0.05, 0.1) is 5.69 Å². The molecule has 0 amide bonds. The minimum atomic E-state index is 0.529. The molecule has 0 saturated heterocycles. The number of hydrogen-bond donors (Lipinski definition) is 3. The Labute approximate surface area is 175 Å². The fourth-order valence-corrected chi connectivity index (χ4v) is 2.16. The maximum absolute atomic E-state index is 8.81. The molecule has 158 valence electrons. The number of aromatic nitrogens is 1. The first-order valence-electron chi connectivity index (χ1n) is 9.72. The fraction of sp³-hybridized carbons (Fsp3) is 0.348. The molecule has 6 nitrogen and oxygen atoms in total. The lowest BCUT2D eigenvalue weighted by Crippen LogP contribution is -2.23. The van der Waals surface area contributed by atoms with Crippen molar-refractivity contribution >= 4 is 17.8 Å². The van der Waals surface area contributed by atoms with Crippen molar-refractivity contribution in [3.63, 3.8) is 0 Å². The maximum atomic E-state index is 8.81.